The minimum atomic E-state index is 0.0711. The molecule has 2 rings (SSSR count). The zero-order valence-electron chi connectivity index (χ0n) is 9.76. The Balaban J connectivity index is 1.96. The van der Waals surface area contributed by atoms with Crippen LogP contribution in [0.1, 0.15) is 21.5 Å². The van der Waals surface area contributed by atoms with E-state index in [1.54, 1.807) is 18.8 Å². The number of carbonyl (C=O) groups excluding carboxylic acids is 1. The minimum absolute atomic E-state index is 0.0711. The van der Waals surface area contributed by atoms with E-state index in [9.17, 15) is 4.79 Å². The number of nitrogens with zero attached hydrogens (tertiary/aromatic N) is 1. The molecule has 2 heteroatoms. The molecule has 0 N–H and O–H groups in total. The third kappa shape index (κ3) is 3.25. The number of pyridine rings is 1. The van der Waals surface area contributed by atoms with Crippen LogP contribution in [-0.4, -0.2) is 10.8 Å². The second kappa shape index (κ2) is 5.39. The third-order valence-corrected chi connectivity index (χ3v) is 2.61. The van der Waals surface area contributed by atoms with Crippen molar-refractivity contribution in [3.05, 3.63) is 71.9 Å². The molecule has 2 nitrogen and oxygen atoms in total. The Kier molecular flexibility index (Phi) is 3.66. The van der Waals surface area contributed by atoms with Crippen molar-refractivity contribution in [1.29, 1.82) is 0 Å². The first-order valence-electron chi connectivity index (χ1n) is 5.59. The largest absolute Gasteiger partial charge is 0.294 e. The van der Waals surface area contributed by atoms with Gasteiger partial charge in [0.25, 0.3) is 0 Å². The molecular formula is C15H14NO. The normalized spacial score (nSPS) is 10.2. The average Bonchev–Trinajstić information content (AvgIpc) is 2.38. The van der Waals surface area contributed by atoms with Gasteiger partial charge in [0.05, 0.1) is 0 Å². The van der Waals surface area contributed by atoms with Crippen molar-refractivity contribution < 1.29 is 4.79 Å². The van der Waals surface area contributed by atoms with Crippen molar-refractivity contribution in [1.82, 2.24) is 4.98 Å². The van der Waals surface area contributed by atoms with Crippen molar-refractivity contribution in [2.75, 3.05) is 0 Å². The van der Waals surface area contributed by atoms with Gasteiger partial charge in [-0.1, -0.05) is 29.8 Å². The quantitative estimate of drug-likeness (QED) is 0.747. The fourth-order valence-electron chi connectivity index (χ4n) is 1.57. The summed E-state index contributed by atoms with van der Waals surface area (Å²) in [5.74, 6) is 0.0711. The Bertz CT molecular complexity index is 488. The van der Waals surface area contributed by atoms with Crippen LogP contribution in [0.5, 0.6) is 0 Å². The third-order valence-electron chi connectivity index (χ3n) is 2.61. The van der Waals surface area contributed by atoms with E-state index in [2.05, 4.69) is 4.98 Å². The summed E-state index contributed by atoms with van der Waals surface area (Å²) in [7, 11) is 0. The molecule has 0 aliphatic heterocycles. The molecule has 0 saturated carbocycles. The summed E-state index contributed by atoms with van der Waals surface area (Å²) < 4.78 is 0. The van der Waals surface area contributed by atoms with Crippen LogP contribution in [0, 0.1) is 13.3 Å². The lowest BCUT2D eigenvalue weighted by Gasteiger charge is -2.01. The van der Waals surface area contributed by atoms with Gasteiger partial charge < -0.3 is 0 Å². The SMILES string of the molecule is Cc1ccc(C(=O)[CH]Cc2ccncc2)cc1. The summed E-state index contributed by atoms with van der Waals surface area (Å²) in [5.41, 5.74) is 3.00. The predicted molar refractivity (Wildman–Crippen MR) is 67.8 cm³/mol. The van der Waals surface area contributed by atoms with Crippen molar-refractivity contribution in [2.45, 2.75) is 13.3 Å². The number of hydrogen-bond donors (Lipinski definition) is 0. The van der Waals surface area contributed by atoms with E-state index in [0.717, 1.165) is 16.7 Å². The number of ketones is 1. The molecule has 1 aromatic carbocycles. The molecule has 0 atom stereocenters. The van der Waals surface area contributed by atoms with Crippen molar-refractivity contribution in [3.8, 4) is 0 Å². The van der Waals surface area contributed by atoms with E-state index in [1.807, 2.05) is 43.3 Å². The number of aryl methyl sites for hydroxylation is 1. The smallest absolute Gasteiger partial charge is 0.167 e. The zero-order chi connectivity index (χ0) is 12.1. The van der Waals surface area contributed by atoms with Crippen LogP contribution < -0.4 is 0 Å². The van der Waals surface area contributed by atoms with Crippen LogP contribution in [0.15, 0.2) is 48.8 Å². The second-order valence-electron chi connectivity index (χ2n) is 3.99. The number of carbonyl (C=O) groups is 1. The van der Waals surface area contributed by atoms with Crippen LogP contribution in [-0.2, 0) is 6.42 Å². The fourth-order valence-corrected chi connectivity index (χ4v) is 1.57. The maximum absolute atomic E-state index is 11.9. The molecule has 1 radical (unpaired) electrons. The maximum atomic E-state index is 11.9. The molecule has 0 amide bonds. The number of benzene rings is 1. The number of rotatable bonds is 4. The topological polar surface area (TPSA) is 30.0 Å². The Hall–Kier alpha value is -1.96. The van der Waals surface area contributed by atoms with Crippen LogP contribution in [0.3, 0.4) is 0 Å². The first kappa shape index (κ1) is 11.5. The number of hydrogen-bond acceptors (Lipinski definition) is 2. The average molecular weight is 224 g/mol. The van der Waals surface area contributed by atoms with Crippen molar-refractivity contribution in [2.24, 2.45) is 0 Å². The lowest BCUT2D eigenvalue weighted by Crippen LogP contribution is -2.02. The molecule has 0 aliphatic carbocycles. The fraction of sp³-hybridized carbons (Fsp3) is 0.133. The molecule has 2 aromatic rings. The van der Waals surface area contributed by atoms with E-state index in [-0.39, 0.29) is 5.78 Å². The number of Topliss-reactive ketones (excluding diaryl/α,β-unsaturated/α-hetero) is 1. The van der Waals surface area contributed by atoms with Gasteiger partial charge in [0.15, 0.2) is 5.78 Å². The molecule has 0 saturated heterocycles. The molecule has 17 heavy (non-hydrogen) atoms. The first-order valence-corrected chi connectivity index (χ1v) is 5.59. The monoisotopic (exact) mass is 224 g/mol. The first-order chi connectivity index (χ1) is 8.25. The minimum Gasteiger partial charge on any atom is -0.294 e. The summed E-state index contributed by atoms with van der Waals surface area (Å²) in [4.78, 5) is 15.8. The molecule has 0 unspecified atom stereocenters. The molecule has 0 spiro atoms. The van der Waals surface area contributed by atoms with Crippen LogP contribution in [0.4, 0.5) is 0 Å². The molecule has 1 aromatic heterocycles. The van der Waals surface area contributed by atoms with Crippen LogP contribution in [0.2, 0.25) is 0 Å². The second-order valence-corrected chi connectivity index (χ2v) is 3.99. The van der Waals surface area contributed by atoms with Gasteiger partial charge in [-0.2, -0.15) is 0 Å². The van der Waals surface area contributed by atoms with Crippen molar-refractivity contribution >= 4 is 5.78 Å². The van der Waals surface area contributed by atoms with Gasteiger partial charge in [-0.05, 0) is 31.0 Å². The Morgan fingerprint density at radius 3 is 2.41 bits per heavy atom. The predicted octanol–water partition coefficient (Wildman–Crippen LogP) is 3.02. The van der Waals surface area contributed by atoms with E-state index in [1.165, 1.54) is 0 Å². The van der Waals surface area contributed by atoms with Gasteiger partial charge in [0, 0.05) is 24.4 Å². The lowest BCUT2D eigenvalue weighted by molar-refractivity contribution is 0.102. The molecule has 0 aliphatic rings. The highest BCUT2D eigenvalue weighted by atomic mass is 16.1. The Morgan fingerprint density at radius 2 is 1.76 bits per heavy atom. The van der Waals surface area contributed by atoms with Gasteiger partial charge in [-0.3, -0.25) is 9.78 Å². The van der Waals surface area contributed by atoms with Gasteiger partial charge in [0.2, 0.25) is 0 Å². The summed E-state index contributed by atoms with van der Waals surface area (Å²) >= 11 is 0. The van der Waals surface area contributed by atoms with Gasteiger partial charge in [-0.15, -0.1) is 0 Å². The highest BCUT2D eigenvalue weighted by Gasteiger charge is 2.05. The van der Waals surface area contributed by atoms with E-state index in [4.69, 9.17) is 0 Å². The summed E-state index contributed by atoms with van der Waals surface area (Å²) in [6.45, 7) is 2.01. The lowest BCUT2D eigenvalue weighted by atomic mass is 10.0. The molecule has 0 fully saturated rings. The van der Waals surface area contributed by atoms with E-state index >= 15 is 0 Å². The highest BCUT2D eigenvalue weighted by molar-refractivity contribution is 6.02. The summed E-state index contributed by atoms with van der Waals surface area (Å²) in [5, 5.41) is 0. The van der Waals surface area contributed by atoms with Crippen LogP contribution >= 0.6 is 0 Å². The standard InChI is InChI=1S/C15H14NO/c1-12-2-5-14(6-3-12)15(17)7-4-13-8-10-16-11-9-13/h2-3,5-11H,4H2,1H3. The molecule has 0 bridgehead atoms. The zero-order valence-corrected chi connectivity index (χ0v) is 9.76. The Labute approximate surface area is 101 Å². The Morgan fingerprint density at radius 1 is 1.12 bits per heavy atom. The van der Waals surface area contributed by atoms with Crippen LogP contribution in [0.25, 0.3) is 0 Å². The molecular weight excluding hydrogens is 210 g/mol. The molecule has 1 heterocycles. The summed E-state index contributed by atoms with van der Waals surface area (Å²) in [6.07, 6.45) is 5.83. The van der Waals surface area contributed by atoms with E-state index in [0.29, 0.717) is 6.42 Å². The number of aromatic nitrogens is 1. The maximum Gasteiger partial charge on any atom is 0.167 e. The highest BCUT2D eigenvalue weighted by Crippen LogP contribution is 2.08. The van der Waals surface area contributed by atoms with Crippen molar-refractivity contribution in [3.63, 3.8) is 0 Å². The molecule has 85 valence electrons. The van der Waals surface area contributed by atoms with Gasteiger partial charge in [0.1, 0.15) is 0 Å². The van der Waals surface area contributed by atoms with E-state index < -0.39 is 0 Å². The van der Waals surface area contributed by atoms with Gasteiger partial charge >= 0.3 is 0 Å². The van der Waals surface area contributed by atoms with Gasteiger partial charge in [-0.25, -0.2) is 0 Å². The summed E-state index contributed by atoms with van der Waals surface area (Å²) in [6, 6.07) is 11.5.